The monoisotopic (exact) mass is 253 g/mol. The van der Waals surface area contributed by atoms with Crippen LogP contribution >= 0.6 is 0 Å². The predicted octanol–water partition coefficient (Wildman–Crippen LogP) is 1.37. The average molecular weight is 253 g/mol. The van der Waals surface area contributed by atoms with E-state index in [9.17, 15) is 22.8 Å². The maximum atomic E-state index is 12.2. The number of ether oxygens (including phenoxy) is 1. The first kappa shape index (κ1) is 15.5. The number of carbonyl (C=O) groups excluding carboxylic acids is 2. The highest BCUT2D eigenvalue weighted by Crippen LogP contribution is 2.19. The van der Waals surface area contributed by atoms with Crippen LogP contribution in [0.15, 0.2) is 12.7 Å². The highest BCUT2D eigenvalue weighted by atomic mass is 19.4. The molecule has 0 aromatic heterocycles. The molecule has 7 heteroatoms. The zero-order chi connectivity index (χ0) is 13.6. The van der Waals surface area contributed by atoms with Gasteiger partial charge in [0, 0.05) is 13.1 Å². The molecule has 0 fully saturated rings. The Kier molecular flexibility index (Phi) is 5.70. The maximum Gasteiger partial charge on any atom is 0.471 e. The van der Waals surface area contributed by atoms with Gasteiger partial charge in [0.2, 0.25) is 0 Å². The van der Waals surface area contributed by atoms with E-state index in [-0.39, 0.29) is 13.1 Å². The van der Waals surface area contributed by atoms with Crippen LogP contribution in [0, 0.1) is 5.92 Å². The summed E-state index contributed by atoms with van der Waals surface area (Å²) in [5.41, 5.74) is 0. The molecule has 0 aromatic carbocycles. The number of nitrogens with zero attached hydrogens (tertiary/aromatic N) is 1. The molecule has 0 aliphatic heterocycles. The van der Waals surface area contributed by atoms with Crippen LogP contribution < -0.4 is 0 Å². The van der Waals surface area contributed by atoms with Crippen LogP contribution in [0.4, 0.5) is 13.2 Å². The lowest BCUT2D eigenvalue weighted by Gasteiger charge is -2.24. The van der Waals surface area contributed by atoms with Gasteiger partial charge in [-0.05, 0) is 0 Å². The Balaban J connectivity index is 4.70. The summed E-state index contributed by atoms with van der Waals surface area (Å²) in [5, 5.41) is 0. The normalized spacial score (nSPS) is 12.8. The van der Waals surface area contributed by atoms with Gasteiger partial charge in [0.25, 0.3) is 0 Å². The third kappa shape index (κ3) is 4.88. The van der Waals surface area contributed by atoms with E-state index < -0.39 is 24.0 Å². The van der Waals surface area contributed by atoms with E-state index in [0.29, 0.717) is 4.90 Å². The standard InChI is InChI=1S/C10H14F3NO3/c1-4-5-14(9(16)10(11,12)13)6-7(2)8(15)17-3/h4,7H,1,5-6H2,2-3H3. The van der Waals surface area contributed by atoms with Crippen molar-refractivity contribution in [3.63, 3.8) is 0 Å². The first-order valence-electron chi connectivity index (χ1n) is 4.78. The topological polar surface area (TPSA) is 46.6 Å². The van der Waals surface area contributed by atoms with Crippen molar-refractivity contribution >= 4 is 11.9 Å². The van der Waals surface area contributed by atoms with Gasteiger partial charge < -0.3 is 9.64 Å². The van der Waals surface area contributed by atoms with Gasteiger partial charge in [-0.1, -0.05) is 13.0 Å². The summed E-state index contributed by atoms with van der Waals surface area (Å²) in [6.45, 7) is 4.00. The summed E-state index contributed by atoms with van der Waals surface area (Å²) >= 11 is 0. The van der Waals surface area contributed by atoms with Crippen molar-refractivity contribution in [1.29, 1.82) is 0 Å². The van der Waals surface area contributed by atoms with E-state index in [2.05, 4.69) is 11.3 Å². The van der Waals surface area contributed by atoms with Crippen LogP contribution in [0.3, 0.4) is 0 Å². The Morgan fingerprint density at radius 3 is 2.35 bits per heavy atom. The van der Waals surface area contributed by atoms with Crippen molar-refractivity contribution in [2.75, 3.05) is 20.2 Å². The number of esters is 1. The molecule has 0 spiro atoms. The molecular formula is C10H14F3NO3. The van der Waals surface area contributed by atoms with Crippen molar-refractivity contribution in [3.8, 4) is 0 Å². The number of hydrogen-bond acceptors (Lipinski definition) is 3. The molecule has 1 atom stereocenters. The molecule has 0 saturated carbocycles. The van der Waals surface area contributed by atoms with Gasteiger partial charge in [0.05, 0.1) is 13.0 Å². The van der Waals surface area contributed by atoms with Crippen molar-refractivity contribution in [3.05, 3.63) is 12.7 Å². The first-order valence-corrected chi connectivity index (χ1v) is 4.78. The SMILES string of the molecule is C=CCN(CC(C)C(=O)OC)C(=O)C(F)(F)F. The highest BCUT2D eigenvalue weighted by molar-refractivity contribution is 5.82. The summed E-state index contributed by atoms with van der Waals surface area (Å²) in [6, 6.07) is 0. The zero-order valence-electron chi connectivity index (χ0n) is 9.58. The number of rotatable bonds is 5. The van der Waals surface area contributed by atoms with Crippen molar-refractivity contribution in [2.45, 2.75) is 13.1 Å². The average Bonchev–Trinajstić information content (AvgIpc) is 2.24. The largest absolute Gasteiger partial charge is 0.471 e. The van der Waals surface area contributed by atoms with Crippen molar-refractivity contribution < 1.29 is 27.5 Å². The van der Waals surface area contributed by atoms with Crippen LogP contribution in [0.2, 0.25) is 0 Å². The Morgan fingerprint density at radius 1 is 1.47 bits per heavy atom. The number of methoxy groups -OCH3 is 1. The Morgan fingerprint density at radius 2 is 2.00 bits per heavy atom. The third-order valence-electron chi connectivity index (χ3n) is 1.98. The molecule has 17 heavy (non-hydrogen) atoms. The lowest BCUT2D eigenvalue weighted by atomic mass is 10.1. The molecule has 1 unspecified atom stereocenters. The molecule has 0 aliphatic carbocycles. The smallest absolute Gasteiger partial charge is 0.469 e. The second-order valence-electron chi connectivity index (χ2n) is 3.42. The first-order chi connectivity index (χ1) is 7.73. The maximum absolute atomic E-state index is 12.2. The molecule has 0 aliphatic rings. The van der Waals surface area contributed by atoms with Gasteiger partial charge in [-0.25, -0.2) is 0 Å². The number of hydrogen-bond donors (Lipinski definition) is 0. The van der Waals surface area contributed by atoms with Gasteiger partial charge in [0.15, 0.2) is 0 Å². The van der Waals surface area contributed by atoms with Crippen molar-refractivity contribution in [2.24, 2.45) is 5.92 Å². The highest BCUT2D eigenvalue weighted by Gasteiger charge is 2.42. The minimum Gasteiger partial charge on any atom is -0.469 e. The molecule has 0 saturated heterocycles. The van der Waals surface area contributed by atoms with Gasteiger partial charge in [-0.15, -0.1) is 6.58 Å². The molecule has 0 N–H and O–H groups in total. The molecule has 98 valence electrons. The van der Waals surface area contributed by atoms with Gasteiger partial charge >= 0.3 is 18.1 Å². The second kappa shape index (κ2) is 6.27. The Hall–Kier alpha value is -1.53. The molecule has 0 aromatic rings. The predicted molar refractivity (Wildman–Crippen MR) is 54.0 cm³/mol. The summed E-state index contributed by atoms with van der Waals surface area (Å²) in [7, 11) is 1.13. The molecule has 0 rings (SSSR count). The number of carbonyl (C=O) groups is 2. The van der Waals surface area contributed by atoms with E-state index in [1.165, 1.54) is 6.92 Å². The molecular weight excluding hydrogens is 239 g/mol. The van der Waals surface area contributed by atoms with Gasteiger partial charge in [-0.3, -0.25) is 9.59 Å². The molecule has 0 radical (unpaired) electrons. The molecule has 0 bridgehead atoms. The minimum atomic E-state index is -4.96. The Bertz CT molecular complexity index is 302. The van der Waals surface area contributed by atoms with E-state index in [1.807, 2.05) is 0 Å². The fourth-order valence-corrected chi connectivity index (χ4v) is 1.18. The van der Waals surface area contributed by atoms with Crippen LogP contribution in [0.25, 0.3) is 0 Å². The third-order valence-corrected chi connectivity index (χ3v) is 1.98. The summed E-state index contributed by atoms with van der Waals surface area (Å²) in [6.07, 6.45) is -3.80. The van der Waals surface area contributed by atoms with E-state index >= 15 is 0 Å². The lowest BCUT2D eigenvalue weighted by Crippen LogP contribution is -2.44. The summed E-state index contributed by atoms with van der Waals surface area (Å²) in [4.78, 5) is 22.6. The van der Waals surface area contributed by atoms with Crippen molar-refractivity contribution in [1.82, 2.24) is 4.90 Å². The number of amides is 1. The molecule has 1 amide bonds. The van der Waals surface area contributed by atoms with Crippen LogP contribution in [0.1, 0.15) is 6.92 Å². The summed E-state index contributed by atoms with van der Waals surface area (Å²) in [5.74, 6) is -3.49. The number of halogens is 3. The summed E-state index contributed by atoms with van der Waals surface area (Å²) < 4.78 is 41.0. The quantitative estimate of drug-likeness (QED) is 0.549. The van der Waals surface area contributed by atoms with E-state index in [0.717, 1.165) is 13.2 Å². The zero-order valence-corrected chi connectivity index (χ0v) is 9.58. The van der Waals surface area contributed by atoms with E-state index in [1.54, 1.807) is 0 Å². The fraction of sp³-hybridized carbons (Fsp3) is 0.600. The van der Waals surface area contributed by atoms with Crippen LogP contribution in [0.5, 0.6) is 0 Å². The Labute approximate surface area is 97.0 Å². The van der Waals surface area contributed by atoms with Gasteiger partial charge in [0.1, 0.15) is 0 Å². The van der Waals surface area contributed by atoms with Gasteiger partial charge in [-0.2, -0.15) is 13.2 Å². The minimum absolute atomic E-state index is 0.278. The molecule has 0 heterocycles. The lowest BCUT2D eigenvalue weighted by molar-refractivity contribution is -0.185. The number of alkyl halides is 3. The molecule has 4 nitrogen and oxygen atoms in total. The van der Waals surface area contributed by atoms with E-state index in [4.69, 9.17) is 0 Å². The fourth-order valence-electron chi connectivity index (χ4n) is 1.18. The van der Waals surface area contributed by atoms with Crippen LogP contribution in [-0.2, 0) is 14.3 Å². The van der Waals surface area contributed by atoms with Crippen LogP contribution in [-0.4, -0.2) is 43.2 Å². The second-order valence-corrected chi connectivity index (χ2v) is 3.42.